The van der Waals surface area contributed by atoms with Gasteiger partial charge in [0.05, 0.1) is 1.37 Å². The maximum absolute atomic E-state index is 12.8. The minimum absolute atomic E-state index is 0.0174. The summed E-state index contributed by atoms with van der Waals surface area (Å²) in [4.78, 5) is 12.8. The van der Waals surface area contributed by atoms with E-state index in [-0.39, 0.29) is 22.5 Å². The van der Waals surface area contributed by atoms with E-state index in [4.69, 9.17) is 1.37 Å². The lowest BCUT2D eigenvalue weighted by Crippen LogP contribution is -2.32. The zero-order valence-electron chi connectivity index (χ0n) is 13.2. The number of aryl methyl sites for hydroxylation is 1. The predicted octanol–water partition coefficient (Wildman–Crippen LogP) is 4.40. The van der Waals surface area contributed by atoms with Crippen molar-refractivity contribution < 1.29 is 6.17 Å². The van der Waals surface area contributed by atoms with Gasteiger partial charge in [0.2, 0.25) is 0 Å². The largest absolute Gasteiger partial charge is 0.294 e. The molecule has 0 amide bonds. The Morgan fingerprint density at radius 2 is 1.89 bits per heavy atom. The highest BCUT2D eigenvalue weighted by molar-refractivity contribution is 6.07. The Labute approximate surface area is 117 Å². The van der Waals surface area contributed by atoms with E-state index < -0.39 is 0 Å². The molecule has 100 valence electrons. The number of carbonyl (C=O) groups is 1. The fourth-order valence-corrected chi connectivity index (χ4v) is 3.80. The van der Waals surface area contributed by atoms with Crippen molar-refractivity contribution in [3.63, 3.8) is 0 Å². The Hall–Kier alpha value is -1.37. The molecule has 0 spiro atoms. The van der Waals surface area contributed by atoms with Crippen LogP contribution in [-0.2, 0) is 4.79 Å². The molecule has 0 heterocycles. The second-order valence-corrected chi connectivity index (χ2v) is 6.88. The molecule has 0 aliphatic heterocycles. The summed E-state index contributed by atoms with van der Waals surface area (Å²) in [6.45, 7) is 8.51. The second-order valence-electron chi connectivity index (χ2n) is 6.88. The third-order valence-corrected chi connectivity index (χ3v) is 5.65. The Morgan fingerprint density at radius 1 is 1.26 bits per heavy atom. The first-order valence-corrected chi connectivity index (χ1v) is 7.11. The van der Waals surface area contributed by atoms with Crippen LogP contribution in [0.1, 0.15) is 46.1 Å². The third kappa shape index (κ3) is 1.57. The Morgan fingerprint density at radius 3 is 2.42 bits per heavy atom. The molecular weight excluding hydrogens is 232 g/mol. The Bertz CT molecular complexity index is 609. The second kappa shape index (κ2) is 3.82. The van der Waals surface area contributed by atoms with Crippen LogP contribution in [-0.4, -0.2) is 5.78 Å². The van der Waals surface area contributed by atoms with E-state index in [1.807, 2.05) is 31.2 Å². The van der Waals surface area contributed by atoms with Crippen LogP contribution in [0.2, 0.25) is 0 Å². The maximum atomic E-state index is 12.8. The van der Waals surface area contributed by atoms with Crippen molar-refractivity contribution in [3.05, 3.63) is 41.0 Å². The molecular formula is C18H22O. The predicted molar refractivity (Wildman–Crippen MR) is 78.8 cm³/mol. The van der Waals surface area contributed by atoms with Gasteiger partial charge in [0.1, 0.15) is 0 Å². The number of hydrogen-bond acceptors (Lipinski definition) is 1. The smallest absolute Gasteiger partial charge is 0.165 e. The number of allylic oxidation sites excluding steroid dienone is 1. The van der Waals surface area contributed by atoms with Gasteiger partial charge in [0.25, 0.3) is 0 Å². The number of ketones is 1. The first-order chi connectivity index (χ1) is 9.29. The molecule has 0 saturated heterocycles. The van der Waals surface area contributed by atoms with Crippen LogP contribution in [0.15, 0.2) is 29.8 Å². The van der Waals surface area contributed by atoms with Crippen molar-refractivity contribution >= 4 is 11.8 Å². The molecule has 3 rings (SSSR count). The van der Waals surface area contributed by atoms with Crippen LogP contribution in [0, 0.1) is 23.7 Å². The molecule has 1 aromatic carbocycles. The summed E-state index contributed by atoms with van der Waals surface area (Å²) < 4.78 is 8.49. The molecule has 2 bridgehead atoms. The summed E-state index contributed by atoms with van der Waals surface area (Å²) in [5.74, 6) is 0.457. The van der Waals surface area contributed by atoms with Gasteiger partial charge >= 0.3 is 0 Å². The van der Waals surface area contributed by atoms with Gasteiger partial charge < -0.3 is 0 Å². The van der Waals surface area contributed by atoms with Crippen LogP contribution in [0.4, 0.5) is 0 Å². The molecule has 2 atom stereocenters. The lowest BCUT2D eigenvalue weighted by atomic mass is 9.70. The fraction of sp³-hybridized carbons (Fsp3) is 0.500. The van der Waals surface area contributed by atoms with E-state index in [0.717, 1.165) is 24.0 Å². The van der Waals surface area contributed by atoms with Crippen LogP contribution >= 0.6 is 0 Å². The van der Waals surface area contributed by atoms with E-state index in [1.165, 1.54) is 5.56 Å². The molecule has 2 aliphatic rings. The summed E-state index contributed by atoms with van der Waals surface area (Å²) >= 11 is 0. The van der Waals surface area contributed by atoms with Gasteiger partial charge in [-0.2, -0.15) is 0 Å². The van der Waals surface area contributed by atoms with Gasteiger partial charge in [-0.1, -0.05) is 50.6 Å². The SMILES string of the molecule is [2H]C(=C1C(=O)C2(C)CCC1C2(C)C)c1ccc(C)cc1. The fourth-order valence-electron chi connectivity index (χ4n) is 3.80. The van der Waals surface area contributed by atoms with E-state index in [0.29, 0.717) is 6.05 Å². The number of fused-ring (bicyclic) bond motifs is 2. The minimum Gasteiger partial charge on any atom is -0.294 e. The van der Waals surface area contributed by atoms with Gasteiger partial charge in [0, 0.05) is 5.41 Å². The highest BCUT2D eigenvalue weighted by atomic mass is 16.1. The summed E-state index contributed by atoms with van der Waals surface area (Å²) in [6, 6.07) is 8.37. The lowest BCUT2D eigenvalue weighted by Gasteiger charge is -2.31. The topological polar surface area (TPSA) is 17.1 Å². The summed E-state index contributed by atoms with van der Waals surface area (Å²) in [5, 5.41) is 0. The van der Waals surface area contributed by atoms with Crippen LogP contribution in [0.3, 0.4) is 0 Å². The molecule has 1 aromatic rings. The maximum Gasteiger partial charge on any atom is 0.165 e. The van der Waals surface area contributed by atoms with E-state index in [1.54, 1.807) is 0 Å². The molecule has 1 nitrogen and oxygen atoms in total. The van der Waals surface area contributed by atoms with E-state index in [9.17, 15) is 4.79 Å². The molecule has 1 heteroatoms. The van der Waals surface area contributed by atoms with E-state index >= 15 is 0 Å². The first kappa shape index (κ1) is 11.5. The normalized spacial score (nSPS) is 35.5. The molecule has 2 fully saturated rings. The van der Waals surface area contributed by atoms with Crippen molar-refractivity contribution in [2.75, 3.05) is 0 Å². The van der Waals surface area contributed by atoms with Crippen molar-refractivity contribution in [2.45, 2.75) is 40.5 Å². The highest BCUT2D eigenvalue weighted by Gasteiger charge is 2.63. The molecule has 0 N–H and O–H groups in total. The van der Waals surface area contributed by atoms with E-state index in [2.05, 4.69) is 20.8 Å². The van der Waals surface area contributed by atoms with Crippen molar-refractivity contribution in [3.8, 4) is 0 Å². The number of benzene rings is 1. The van der Waals surface area contributed by atoms with Crippen molar-refractivity contribution in [1.29, 1.82) is 0 Å². The molecule has 0 aromatic heterocycles. The van der Waals surface area contributed by atoms with Gasteiger partial charge in [-0.15, -0.1) is 0 Å². The molecule has 2 aliphatic carbocycles. The molecule has 2 unspecified atom stereocenters. The van der Waals surface area contributed by atoms with Crippen molar-refractivity contribution in [2.24, 2.45) is 16.7 Å². The van der Waals surface area contributed by atoms with Gasteiger partial charge in [-0.05, 0) is 48.3 Å². The van der Waals surface area contributed by atoms with Gasteiger partial charge in [-0.3, -0.25) is 4.79 Å². The zero-order chi connectivity index (χ0) is 14.7. The lowest BCUT2D eigenvalue weighted by molar-refractivity contribution is -0.125. The quantitative estimate of drug-likeness (QED) is 0.680. The van der Waals surface area contributed by atoms with Gasteiger partial charge in [0.15, 0.2) is 5.78 Å². The number of rotatable bonds is 1. The molecule has 0 radical (unpaired) electrons. The minimum atomic E-state index is -0.274. The van der Waals surface area contributed by atoms with Crippen molar-refractivity contribution in [1.82, 2.24) is 0 Å². The van der Waals surface area contributed by atoms with Crippen LogP contribution in [0.25, 0.3) is 6.05 Å². The van der Waals surface area contributed by atoms with Gasteiger partial charge in [-0.25, -0.2) is 0 Å². The third-order valence-electron chi connectivity index (χ3n) is 5.65. The summed E-state index contributed by atoms with van der Waals surface area (Å²) in [5.41, 5.74) is 2.53. The Kier molecular flexibility index (Phi) is 2.30. The standard InChI is InChI=1S/C18H22O/c1-12-5-7-13(8-6-12)11-14-15-9-10-18(4,16(14)19)17(15,2)3/h5-8,11,15H,9-10H2,1-4H3/i11D. The average molecular weight is 255 g/mol. The zero-order valence-corrected chi connectivity index (χ0v) is 12.2. The molecule has 2 saturated carbocycles. The summed E-state index contributed by atoms with van der Waals surface area (Å²) in [7, 11) is 0. The van der Waals surface area contributed by atoms with Crippen LogP contribution < -0.4 is 0 Å². The van der Waals surface area contributed by atoms with Crippen LogP contribution in [0.5, 0.6) is 0 Å². The molecule has 19 heavy (non-hydrogen) atoms. The monoisotopic (exact) mass is 255 g/mol. The number of carbonyl (C=O) groups excluding carboxylic acids is 1. The number of hydrogen-bond donors (Lipinski definition) is 0. The summed E-state index contributed by atoms with van der Waals surface area (Å²) in [6.07, 6.45) is 2.01. The average Bonchev–Trinajstić information content (AvgIpc) is 2.71. The highest BCUT2D eigenvalue weighted by Crippen LogP contribution is 2.65. The number of Topliss-reactive ketones (excluding diaryl/α,β-unsaturated/α-hetero) is 1. The first-order valence-electron chi connectivity index (χ1n) is 7.61. The Balaban J connectivity index is 2.13.